The molecule has 0 atom stereocenters. The Morgan fingerprint density at radius 3 is 2.46 bits per heavy atom. The number of ketones is 1. The lowest BCUT2D eigenvalue weighted by atomic mass is 9.92. The van der Waals surface area contributed by atoms with E-state index < -0.39 is 32.5 Å². The second-order valence-electron chi connectivity index (χ2n) is 5.85. The van der Waals surface area contributed by atoms with Crippen LogP contribution in [-0.4, -0.2) is 49.1 Å². The molecule has 1 aliphatic rings. The number of nitro groups is 1. The highest BCUT2D eigenvalue weighted by atomic mass is 32.2. The molecule has 9 nitrogen and oxygen atoms in total. The van der Waals surface area contributed by atoms with E-state index in [1.54, 1.807) is 6.92 Å². The molecule has 1 fully saturated rings. The molecule has 0 aliphatic carbocycles. The predicted octanol–water partition coefficient (Wildman–Crippen LogP) is 1.52. The van der Waals surface area contributed by atoms with E-state index in [1.165, 1.54) is 18.2 Å². The van der Waals surface area contributed by atoms with Crippen molar-refractivity contribution in [1.29, 1.82) is 0 Å². The molecule has 142 valence electrons. The van der Waals surface area contributed by atoms with Crippen LogP contribution in [-0.2, 0) is 24.3 Å². The molecular formula is C16H20N2O7S. The van der Waals surface area contributed by atoms with Gasteiger partial charge in [-0.25, -0.2) is 8.42 Å². The zero-order valence-corrected chi connectivity index (χ0v) is 15.1. The summed E-state index contributed by atoms with van der Waals surface area (Å²) in [6.45, 7) is 1.97. The van der Waals surface area contributed by atoms with Gasteiger partial charge in [0.15, 0.2) is 4.90 Å². The van der Waals surface area contributed by atoms with Crippen LogP contribution in [0.1, 0.15) is 26.2 Å². The predicted molar refractivity (Wildman–Crippen MR) is 90.8 cm³/mol. The minimum Gasteiger partial charge on any atom is -0.466 e. The highest BCUT2D eigenvalue weighted by molar-refractivity contribution is 7.89. The summed E-state index contributed by atoms with van der Waals surface area (Å²) in [5.41, 5.74) is -0.479. The second kappa shape index (κ2) is 8.37. The van der Waals surface area contributed by atoms with Gasteiger partial charge in [-0.1, -0.05) is 12.1 Å². The number of rotatable bonds is 7. The molecule has 0 bridgehead atoms. The lowest BCUT2D eigenvalue weighted by Gasteiger charge is -2.30. The number of para-hydroxylation sites is 1. The summed E-state index contributed by atoms with van der Waals surface area (Å²) in [6.07, 6.45) is 0.200. The third kappa shape index (κ3) is 4.44. The maximum Gasteiger partial charge on any atom is 0.313 e. The van der Waals surface area contributed by atoms with Gasteiger partial charge in [0.05, 0.1) is 11.5 Å². The van der Waals surface area contributed by atoms with Crippen molar-refractivity contribution in [1.82, 2.24) is 4.31 Å². The van der Waals surface area contributed by atoms with Crippen LogP contribution in [0.5, 0.6) is 0 Å². The van der Waals surface area contributed by atoms with Crippen LogP contribution in [0, 0.1) is 16.0 Å². The van der Waals surface area contributed by atoms with Crippen LogP contribution < -0.4 is 0 Å². The average Bonchev–Trinajstić information content (AvgIpc) is 2.62. The van der Waals surface area contributed by atoms with E-state index in [0.717, 1.165) is 10.4 Å². The van der Waals surface area contributed by atoms with Crippen molar-refractivity contribution in [3.63, 3.8) is 0 Å². The lowest BCUT2D eigenvalue weighted by Crippen LogP contribution is -2.40. The summed E-state index contributed by atoms with van der Waals surface area (Å²) in [7, 11) is -4.03. The summed E-state index contributed by atoms with van der Waals surface area (Å²) in [5, 5.41) is 11.1. The number of carbonyl (C=O) groups excluding carboxylic acids is 2. The van der Waals surface area contributed by atoms with Crippen molar-refractivity contribution in [3.05, 3.63) is 34.4 Å². The molecule has 0 radical (unpaired) electrons. The van der Waals surface area contributed by atoms with Gasteiger partial charge >= 0.3 is 5.97 Å². The molecule has 0 saturated carbocycles. The van der Waals surface area contributed by atoms with Crippen LogP contribution in [0.25, 0.3) is 0 Å². The molecule has 0 amide bonds. The third-order valence-corrected chi connectivity index (χ3v) is 6.16. The van der Waals surface area contributed by atoms with Crippen LogP contribution >= 0.6 is 0 Å². The largest absolute Gasteiger partial charge is 0.466 e. The van der Waals surface area contributed by atoms with Gasteiger partial charge in [0.25, 0.3) is 5.69 Å². The molecule has 26 heavy (non-hydrogen) atoms. The van der Waals surface area contributed by atoms with E-state index >= 15 is 0 Å². The number of nitrogens with zero attached hydrogens (tertiary/aromatic N) is 2. The molecule has 0 aromatic heterocycles. The van der Waals surface area contributed by atoms with Crippen LogP contribution in [0.4, 0.5) is 5.69 Å². The van der Waals surface area contributed by atoms with Gasteiger partial charge in [0.2, 0.25) is 10.0 Å². The van der Waals surface area contributed by atoms with Crippen molar-refractivity contribution >= 4 is 27.5 Å². The van der Waals surface area contributed by atoms with Crippen molar-refractivity contribution < 1.29 is 27.7 Å². The van der Waals surface area contributed by atoms with E-state index in [0.29, 0.717) is 0 Å². The third-order valence-electron chi connectivity index (χ3n) is 4.21. The number of nitro benzene ring substituents is 1. The van der Waals surface area contributed by atoms with Crippen LogP contribution in [0.15, 0.2) is 29.2 Å². The molecule has 0 spiro atoms. The summed E-state index contributed by atoms with van der Waals surface area (Å²) in [5.74, 6) is -1.28. The normalized spacial score (nSPS) is 16.2. The summed E-state index contributed by atoms with van der Waals surface area (Å²) in [6, 6.07) is 5.17. The Bertz CT molecular complexity index is 799. The minimum absolute atomic E-state index is 0.0631. The SMILES string of the molecule is CCOC(=O)CC(=O)C1CCN(S(=O)(=O)c2ccccc2[N+](=O)[O-])CC1. The van der Waals surface area contributed by atoms with Crippen molar-refractivity contribution in [2.45, 2.75) is 31.1 Å². The molecular weight excluding hydrogens is 364 g/mol. The van der Waals surface area contributed by atoms with Crippen molar-refractivity contribution in [2.75, 3.05) is 19.7 Å². The molecule has 1 saturated heterocycles. The van der Waals surface area contributed by atoms with Gasteiger partial charge in [0.1, 0.15) is 12.2 Å². The van der Waals surface area contributed by atoms with Gasteiger partial charge < -0.3 is 4.74 Å². The number of esters is 1. The molecule has 0 unspecified atom stereocenters. The quantitative estimate of drug-likeness (QED) is 0.302. The number of ether oxygens (including phenoxy) is 1. The van der Waals surface area contributed by atoms with Gasteiger partial charge in [-0.15, -0.1) is 0 Å². The smallest absolute Gasteiger partial charge is 0.313 e. The van der Waals surface area contributed by atoms with Gasteiger partial charge in [-0.05, 0) is 25.8 Å². The first kappa shape index (κ1) is 20.0. The number of Topliss-reactive ketones (excluding diaryl/α,β-unsaturated/α-hetero) is 1. The fourth-order valence-corrected chi connectivity index (χ4v) is 4.51. The highest BCUT2D eigenvalue weighted by Crippen LogP contribution is 2.29. The van der Waals surface area contributed by atoms with E-state index in [1.807, 2.05) is 0 Å². The number of sulfonamides is 1. The Labute approximate surface area is 151 Å². The Balaban J connectivity index is 2.06. The number of hydrogen-bond donors (Lipinski definition) is 0. The Hall–Kier alpha value is -2.33. The van der Waals surface area contributed by atoms with Gasteiger partial charge in [-0.3, -0.25) is 19.7 Å². The molecule has 10 heteroatoms. The maximum absolute atomic E-state index is 12.7. The molecule has 2 rings (SSSR count). The minimum atomic E-state index is -4.03. The number of carbonyl (C=O) groups is 2. The number of benzene rings is 1. The monoisotopic (exact) mass is 384 g/mol. The van der Waals surface area contributed by atoms with E-state index in [-0.39, 0.29) is 49.6 Å². The summed E-state index contributed by atoms with van der Waals surface area (Å²) in [4.78, 5) is 33.5. The van der Waals surface area contributed by atoms with Gasteiger partial charge in [0, 0.05) is 25.1 Å². The number of piperidine rings is 1. The molecule has 1 heterocycles. The van der Waals surface area contributed by atoms with E-state index in [9.17, 15) is 28.1 Å². The first-order valence-corrected chi connectivity index (χ1v) is 9.63. The Morgan fingerprint density at radius 2 is 1.88 bits per heavy atom. The van der Waals surface area contributed by atoms with Gasteiger partial charge in [-0.2, -0.15) is 4.31 Å². The zero-order valence-electron chi connectivity index (χ0n) is 14.3. The topological polar surface area (TPSA) is 124 Å². The standard InChI is InChI=1S/C16H20N2O7S/c1-2-25-16(20)11-14(19)12-7-9-17(10-8-12)26(23,24)15-6-4-3-5-13(15)18(21)22/h3-6,12H,2,7-11H2,1H3. The molecule has 1 aromatic carbocycles. The maximum atomic E-state index is 12.7. The summed E-state index contributed by atoms with van der Waals surface area (Å²) >= 11 is 0. The molecule has 1 aliphatic heterocycles. The van der Waals surface area contributed by atoms with E-state index in [4.69, 9.17) is 4.74 Å². The fraction of sp³-hybridized carbons (Fsp3) is 0.500. The van der Waals surface area contributed by atoms with Crippen molar-refractivity contribution in [3.8, 4) is 0 Å². The van der Waals surface area contributed by atoms with Crippen molar-refractivity contribution in [2.24, 2.45) is 5.92 Å². The first-order chi connectivity index (χ1) is 12.3. The van der Waals surface area contributed by atoms with Crippen LogP contribution in [0.2, 0.25) is 0 Å². The lowest BCUT2D eigenvalue weighted by molar-refractivity contribution is -0.387. The molecule has 1 aromatic rings. The highest BCUT2D eigenvalue weighted by Gasteiger charge is 2.35. The fourth-order valence-electron chi connectivity index (χ4n) is 2.88. The summed E-state index contributed by atoms with van der Waals surface area (Å²) < 4.78 is 31.3. The first-order valence-electron chi connectivity index (χ1n) is 8.19. The Morgan fingerprint density at radius 1 is 1.27 bits per heavy atom. The average molecular weight is 384 g/mol. The Kier molecular flexibility index (Phi) is 6.43. The van der Waals surface area contributed by atoms with Crippen LogP contribution in [0.3, 0.4) is 0 Å². The molecule has 0 N–H and O–H groups in total. The van der Waals surface area contributed by atoms with E-state index in [2.05, 4.69) is 0 Å². The number of hydrogen-bond acceptors (Lipinski definition) is 7. The zero-order chi connectivity index (χ0) is 19.3. The second-order valence-corrected chi connectivity index (χ2v) is 7.76.